The molecule has 1 fully saturated rings. The lowest BCUT2D eigenvalue weighted by atomic mass is 9.87. The third-order valence-corrected chi connectivity index (χ3v) is 9.62. The summed E-state index contributed by atoms with van der Waals surface area (Å²) in [5.74, 6) is 1.89. The first kappa shape index (κ1) is 35.5. The molecule has 5 aromatic carbocycles. The summed E-state index contributed by atoms with van der Waals surface area (Å²) in [4.78, 5) is 14.9. The number of nitrogens with one attached hydrogen (secondary N) is 1. The van der Waals surface area contributed by atoms with E-state index >= 15 is 0 Å². The second kappa shape index (κ2) is 16.6. The van der Waals surface area contributed by atoms with Crippen molar-refractivity contribution in [3.05, 3.63) is 150 Å². The van der Waals surface area contributed by atoms with E-state index in [4.69, 9.17) is 14.2 Å². The number of hydrogen-bond donors (Lipinski definition) is 1. The maximum absolute atomic E-state index is 12.6. The van der Waals surface area contributed by atoms with Gasteiger partial charge in [0.2, 0.25) is 10.0 Å². The minimum atomic E-state index is -3.42. The molecular weight excluding hydrogens is 661 g/mol. The van der Waals surface area contributed by atoms with Crippen LogP contribution in [0, 0.1) is 12.8 Å². The van der Waals surface area contributed by atoms with E-state index in [0.29, 0.717) is 36.9 Å². The first-order chi connectivity index (χ1) is 24.7. The van der Waals surface area contributed by atoms with Crippen LogP contribution in [0.3, 0.4) is 0 Å². The number of esters is 1. The fourth-order valence-corrected chi connectivity index (χ4v) is 7.01. The monoisotopic (exact) mass is 704 g/mol. The van der Waals surface area contributed by atoms with E-state index in [-0.39, 0.29) is 18.0 Å². The number of hydrogen-bond acceptors (Lipinski definition) is 7. The Morgan fingerprint density at radius 2 is 1.31 bits per heavy atom. The number of benzene rings is 5. The average molecular weight is 705 g/mol. The van der Waals surface area contributed by atoms with Gasteiger partial charge in [-0.3, -0.25) is 9.52 Å². The second-order valence-electron chi connectivity index (χ2n) is 13.1. The maximum Gasteiger partial charge on any atom is 0.309 e. The number of carbonyl (C=O) groups is 1. The van der Waals surface area contributed by atoms with E-state index in [9.17, 15) is 13.2 Å². The van der Waals surface area contributed by atoms with Crippen molar-refractivity contribution in [3.8, 4) is 17.2 Å². The topological polar surface area (TPSA) is 94.2 Å². The van der Waals surface area contributed by atoms with Gasteiger partial charge in [-0.05, 0) is 91.3 Å². The second-order valence-corrected chi connectivity index (χ2v) is 14.8. The van der Waals surface area contributed by atoms with Gasteiger partial charge in [0.05, 0.1) is 24.0 Å². The first-order valence-corrected chi connectivity index (χ1v) is 19.2. The minimum Gasteiger partial charge on any atom is -0.490 e. The van der Waals surface area contributed by atoms with Crippen molar-refractivity contribution >= 4 is 27.4 Å². The molecule has 51 heavy (non-hydrogen) atoms. The predicted molar refractivity (Wildman–Crippen MR) is 202 cm³/mol. The zero-order valence-electron chi connectivity index (χ0n) is 29.0. The van der Waals surface area contributed by atoms with Gasteiger partial charge in [0.25, 0.3) is 0 Å². The maximum atomic E-state index is 12.6. The van der Waals surface area contributed by atoms with E-state index in [1.54, 1.807) is 6.07 Å². The summed E-state index contributed by atoms with van der Waals surface area (Å²) in [5.41, 5.74) is 5.59. The Labute approximate surface area is 301 Å². The van der Waals surface area contributed by atoms with Gasteiger partial charge in [0.1, 0.15) is 23.9 Å². The highest BCUT2D eigenvalue weighted by molar-refractivity contribution is 7.92. The quantitative estimate of drug-likeness (QED) is 0.115. The molecule has 264 valence electrons. The Morgan fingerprint density at radius 1 is 0.706 bits per heavy atom. The van der Waals surface area contributed by atoms with Crippen molar-refractivity contribution in [2.24, 2.45) is 5.92 Å². The van der Waals surface area contributed by atoms with Gasteiger partial charge in [0.15, 0.2) is 0 Å². The molecule has 1 N–H and O–H groups in total. The zero-order valence-corrected chi connectivity index (χ0v) is 29.9. The van der Waals surface area contributed by atoms with Crippen molar-refractivity contribution < 1.29 is 27.4 Å². The van der Waals surface area contributed by atoms with E-state index in [2.05, 4.69) is 21.8 Å². The van der Waals surface area contributed by atoms with Gasteiger partial charge in [-0.15, -0.1) is 0 Å². The Kier molecular flexibility index (Phi) is 11.6. The lowest BCUT2D eigenvalue weighted by molar-refractivity contribution is -0.151. The summed E-state index contributed by atoms with van der Waals surface area (Å²) in [7, 11) is -3.42. The molecule has 1 aliphatic carbocycles. The van der Waals surface area contributed by atoms with Crippen LogP contribution in [0.25, 0.3) is 0 Å². The summed E-state index contributed by atoms with van der Waals surface area (Å²) in [6.07, 6.45) is 4.25. The molecule has 0 aliphatic heterocycles. The van der Waals surface area contributed by atoms with E-state index in [0.717, 1.165) is 65.6 Å². The molecule has 0 saturated heterocycles. The summed E-state index contributed by atoms with van der Waals surface area (Å²) in [6, 6.07) is 41.3. The van der Waals surface area contributed by atoms with Gasteiger partial charge in [-0.2, -0.15) is 0 Å². The molecule has 9 heteroatoms. The van der Waals surface area contributed by atoms with Crippen LogP contribution in [-0.4, -0.2) is 26.7 Å². The van der Waals surface area contributed by atoms with Crippen molar-refractivity contribution in [2.75, 3.05) is 15.9 Å². The fraction of sp³-hybridized carbons (Fsp3) is 0.262. The molecule has 5 aromatic rings. The molecule has 0 amide bonds. The van der Waals surface area contributed by atoms with Crippen LogP contribution >= 0.6 is 0 Å². The zero-order chi connectivity index (χ0) is 35.6. The largest absolute Gasteiger partial charge is 0.490 e. The Hall–Kier alpha value is -5.28. The number of sulfonamides is 1. The van der Waals surface area contributed by atoms with Crippen LogP contribution in [0.15, 0.2) is 127 Å². The Bertz CT molecular complexity index is 2000. The molecular formula is C42H44N2O6S. The molecule has 0 atom stereocenters. The van der Waals surface area contributed by atoms with Crippen molar-refractivity contribution in [1.82, 2.24) is 0 Å². The van der Waals surface area contributed by atoms with E-state index < -0.39 is 10.0 Å². The van der Waals surface area contributed by atoms with Crippen molar-refractivity contribution in [1.29, 1.82) is 0 Å². The number of carbonyl (C=O) groups excluding carboxylic acids is 1. The number of ether oxygens (including phenoxy) is 3. The highest BCUT2D eigenvalue weighted by atomic mass is 32.2. The Balaban J connectivity index is 1.05. The molecule has 0 radical (unpaired) electrons. The average Bonchev–Trinajstić information content (AvgIpc) is 3.13. The van der Waals surface area contributed by atoms with Gasteiger partial charge in [-0.25, -0.2) is 8.42 Å². The highest BCUT2D eigenvalue weighted by Gasteiger charge is 2.28. The molecule has 8 nitrogen and oxygen atoms in total. The molecule has 0 heterocycles. The molecule has 6 rings (SSSR count). The number of rotatable bonds is 14. The third-order valence-electron chi connectivity index (χ3n) is 9.03. The van der Waals surface area contributed by atoms with Crippen LogP contribution in [0.4, 0.5) is 11.4 Å². The molecule has 1 aliphatic rings. The number of anilines is 2. The van der Waals surface area contributed by atoms with Crippen LogP contribution in [-0.2, 0) is 39.3 Å². The number of nitrogens with zero attached hydrogens (tertiary/aromatic N) is 1. The third kappa shape index (κ3) is 10.4. The van der Waals surface area contributed by atoms with Crippen LogP contribution in [0.1, 0.15) is 47.9 Å². The lowest BCUT2D eigenvalue weighted by Gasteiger charge is -2.28. The van der Waals surface area contributed by atoms with Crippen LogP contribution in [0.2, 0.25) is 0 Å². The van der Waals surface area contributed by atoms with Gasteiger partial charge in [0, 0.05) is 24.8 Å². The molecule has 0 aromatic heterocycles. The Morgan fingerprint density at radius 3 is 1.98 bits per heavy atom. The smallest absolute Gasteiger partial charge is 0.309 e. The molecule has 1 saturated carbocycles. The molecule has 0 unspecified atom stereocenters. The molecule has 0 spiro atoms. The summed E-state index contributed by atoms with van der Waals surface area (Å²) >= 11 is 0. The van der Waals surface area contributed by atoms with E-state index in [1.807, 2.05) is 116 Å². The van der Waals surface area contributed by atoms with Gasteiger partial charge >= 0.3 is 5.97 Å². The van der Waals surface area contributed by atoms with Crippen molar-refractivity contribution in [2.45, 2.75) is 58.4 Å². The standard InChI is InChI=1S/C42H44N2O6S/c1-31-40(43-51(2,46)47)17-10-18-41(31)44(28-32-11-5-3-6-12-32)29-33-19-23-36(24-20-33)49-38-15-9-16-39(27-38)50-37-25-21-35(22-26-37)42(45)48-30-34-13-7-4-8-14-34/h3-20,23-24,27,35,37,43H,21-22,25-26,28-30H2,1-2H3. The lowest BCUT2D eigenvalue weighted by Crippen LogP contribution is -2.29. The van der Waals surface area contributed by atoms with Crippen LogP contribution < -0.4 is 19.1 Å². The fourth-order valence-electron chi connectivity index (χ4n) is 6.39. The first-order valence-electron chi connectivity index (χ1n) is 17.3. The SMILES string of the molecule is Cc1c(NS(C)(=O)=O)cccc1N(Cc1ccccc1)Cc1ccc(Oc2cccc(OC3CCC(C(=O)OCc4ccccc4)CC3)c2)cc1. The van der Waals surface area contributed by atoms with Crippen molar-refractivity contribution in [3.63, 3.8) is 0 Å². The van der Waals surface area contributed by atoms with Gasteiger partial charge < -0.3 is 19.1 Å². The highest BCUT2D eigenvalue weighted by Crippen LogP contribution is 2.33. The molecule has 0 bridgehead atoms. The summed E-state index contributed by atoms with van der Waals surface area (Å²) in [5, 5.41) is 0. The summed E-state index contributed by atoms with van der Waals surface area (Å²) in [6.45, 7) is 3.49. The predicted octanol–water partition coefficient (Wildman–Crippen LogP) is 9.05. The van der Waals surface area contributed by atoms with Gasteiger partial charge in [-0.1, -0.05) is 84.9 Å². The summed E-state index contributed by atoms with van der Waals surface area (Å²) < 4.78 is 44.8. The van der Waals surface area contributed by atoms with Crippen LogP contribution in [0.5, 0.6) is 17.2 Å². The normalized spacial score (nSPS) is 15.8. The van der Waals surface area contributed by atoms with E-state index in [1.165, 1.54) is 0 Å². The minimum absolute atomic E-state index is 0.0306.